The first-order valence-electron chi connectivity index (χ1n) is 10.8. The van der Waals surface area contributed by atoms with Gasteiger partial charge in [-0.15, -0.1) is 0 Å². The van der Waals surface area contributed by atoms with Crippen LogP contribution in [0, 0.1) is 0 Å². The first kappa shape index (κ1) is 21.8. The van der Waals surface area contributed by atoms with E-state index in [1.165, 1.54) is 0 Å². The summed E-state index contributed by atoms with van der Waals surface area (Å²) >= 11 is 0. The molecule has 1 atom stereocenters. The van der Waals surface area contributed by atoms with Gasteiger partial charge in [0.2, 0.25) is 0 Å². The molecule has 3 rings (SSSR count). The molecule has 1 aromatic heterocycles. The zero-order valence-electron chi connectivity index (χ0n) is 20.1. The summed E-state index contributed by atoms with van der Waals surface area (Å²) in [5.74, 6) is -2.05. The monoisotopic (exact) mass is 523 g/mol. The summed E-state index contributed by atoms with van der Waals surface area (Å²) in [6, 6.07) is 0.641. The fraction of sp³-hybridized carbons (Fsp3) is 0.474. The van der Waals surface area contributed by atoms with E-state index in [0.29, 0.717) is 6.07 Å². The van der Waals surface area contributed by atoms with Gasteiger partial charge in [-0.3, -0.25) is 4.72 Å². The number of hydrogen-bond donors (Lipinski definition) is 2. The van der Waals surface area contributed by atoms with Crippen LogP contribution in [0.3, 0.4) is 0 Å². The molecule has 7 nitrogen and oxygen atoms in total. The highest BCUT2D eigenvalue weighted by Crippen LogP contribution is 2.44. The maximum atomic E-state index is 13.8. The van der Waals surface area contributed by atoms with Crippen LogP contribution in [0.1, 0.15) is 27.4 Å². The molecule has 0 fully saturated rings. The van der Waals surface area contributed by atoms with Crippen LogP contribution < -0.4 is 14.2 Å². The molecular weight excluding hydrogens is 501 g/mol. The molecule has 0 saturated carbocycles. The number of nitrogens with one attached hydrogen (secondary N) is 2. The molecule has 0 bridgehead atoms. The first-order valence-corrected chi connectivity index (χ1v) is 10.8. The van der Waals surface area contributed by atoms with Crippen molar-refractivity contribution in [3.05, 3.63) is 35.2 Å². The lowest BCUT2D eigenvalue weighted by molar-refractivity contribution is -0.141. The Balaban J connectivity index is 2.00. The van der Waals surface area contributed by atoms with E-state index in [4.69, 9.17) is 8.85 Å². The molecule has 0 aliphatic heterocycles. The SMILES string of the molecule is [2H]C([2H])([2H])O[C@@]1(C(F)F)CCc2c(S(=O)(=O)Nc3cc(OC(F)F)c(C(F)(F)F)cc3OC)c[nH]c2C1. The van der Waals surface area contributed by atoms with Gasteiger partial charge in [-0.2, -0.15) is 22.0 Å². The third kappa shape index (κ3) is 4.89. The zero-order valence-corrected chi connectivity index (χ0v) is 17.9. The highest BCUT2D eigenvalue weighted by atomic mass is 32.2. The molecule has 1 aliphatic rings. The topological polar surface area (TPSA) is 89.7 Å². The molecule has 34 heavy (non-hydrogen) atoms. The average molecular weight is 523 g/mol. The van der Waals surface area contributed by atoms with Crippen LogP contribution >= 0.6 is 0 Å². The van der Waals surface area contributed by atoms with Crippen LogP contribution in [0.25, 0.3) is 0 Å². The number of H-pyrrole nitrogens is 1. The van der Waals surface area contributed by atoms with Crippen LogP contribution in [-0.2, 0) is 33.8 Å². The molecule has 0 unspecified atom stereocenters. The second kappa shape index (κ2) is 9.17. The molecule has 190 valence electrons. The van der Waals surface area contributed by atoms with Crippen LogP contribution in [0.15, 0.2) is 23.2 Å². The minimum absolute atomic E-state index is 0.00727. The molecule has 0 radical (unpaired) electrons. The number of rotatable bonds is 8. The molecule has 0 amide bonds. The first-order chi connectivity index (χ1) is 16.9. The van der Waals surface area contributed by atoms with Crippen LogP contribution in [-0.4, -0.2) is 46.2 Å². The van der Waals surface area contributed by atoms with E-state index in [0.717, 1.165) is 13.3 Å². The van der Waals surface area contributed by atoms with E-state index in [9.17, 15) is 39.2 Å². The fourth-order valence-electron chi connectivity index (χ4n) is 3.61. The normalized spacial score (nSPS) is 20.5. The quantitative estimate of drug-likeness (QED) is 0.495. The summed E-state index contributed by atoms with van der Waals surface area (Å²) in [6.45, 7) is -3.66. The Hall–Kier alpha value is -2.68. The van der Waals surface area contributed by atoms with Crippen molar-refractivity contribution in [2.24, 2.45) is 0 Å². The van der Waals surface area contributed by atoms with Crippen molar-refractivity contribution in [3.8, 4) is 11.5 Å². The number of alkyl halides is 7. The van der Waals surface area contributed by atoms with Gasteiger partial charge in [0.05, 0.1) is 16.9 Å². The van der Waals surface area contributed by atoms with Crippen molar-refractivity contribution in [2.45, 2.75) is 49.0 Å². The number of halogens is 7. The van der Waals surface area contributed by atoms with Gasteiger partial charge in [0.1, 0.15) is 27.6 Å². The predicted molar refractivity (Wildman–Crippen MR) is 104 cm³/mol. The van der Waals surface area contributed by atoms with Crippen molar-refractivity contribution in [1.29, 1.82) is 0 Å². The summed E-state index contributed by atoms with van der Waals surface area (Å²) in [7, 11) is -6.90. The Morgan fingerprint density at radius 2 is 1.91 bits per heavy atom. The van der Waals surface area contributed by atoms with Gasteiger partial charge in [-0.1, -0.05) is 0 Å². The Bertz CT molecular complexity index is 1250. The summed E-state index contributed by atoms with van der Waals surface area (Å²) in [5.41, 5.74) is -4.80. The Labute approximate surface area is 193 Å². The second-order valence-electron chi connectivity index (χ2n) is 7.28. The van der Waals surface area contributed by atoms with Gasteiger partial charge >= 0.3 is 12.8 Å². The standard InChI is InChI=1S/C19H19F7N2O5S/c1-31-14-5-10(19(24,25)26)13(33-17(22)23)6-11(14)28-34(29,30)15-8-27-12-7-18(32-2,16(20)21)4-3-9(12)15/h5-6,8,16-17,27-28H,3-4,7H2,1-2H3/t18-/m0/s1/i2D3. The number of sulfonamides is 1. The number of benzene rings is 1. The highest BCUT2D eigenvalue weighted by Gasteiger charge is 2.45. The smallest absolute Gasteiger partial charge is 0.420 e. The molecule has 2 aromatic rings. The van der Waals surface area contributed by atoms with E-state index < -0.39 is 82.4 Å². The largest absolute Gasteiger partial charge is 0.495 e. The molecule has 1 aliphatic carbocycles. The molecule has 15 heteroatoms. The molecule has 0 saturated heterocycles. The number of hydrogen-bond acceptors (Lipinski definition) is 5. The van der Waals surface area contributed by atoms with Gasteiger partial charge in [0.15, 0.2) is 0 Å². The average Bonchev–Trinajstić information content (AvgIpc) is 3.15. The summed E-state index contributed by atoms with van der Waals surface area (Å²) in [5, 5.41) is 0. The number of ether oxygens (including phenoxy) is 3. The lowest BCUT2D eigenvalue weighted by Crippen LogP contribution is -2.44. The Kier molecular flexibility index (Phi) is 5.89. The molecule has 0 spiro atoms. The third-order valence-electron chi connectivity index (χ3n) is 5.27. The molecule has 1 heterocycles. The minimum Gasteiger partial charge on any atom is -0.495 e. The van der Waals surface area contributed by atoms with Gasteiger partial charge in [0.25, 0.3) is 16.4 Å². The predicted octanol–water partition coefficient (Wildman–Crippen LogP) is 4.58. The maximum absolute atomic E-state index is 13.8. The van der Waals surface area contributed by atoms with Crippen molar-refractivity contribution in [1.82, 2.24) is 4.98 Å². The van der Waals surface area contributed by atoms with Gasteiger partial charge in [-0.05, 0) is 24.5 Å². The number of anilines is 1. The van der Waals surface area contributed by atoms with Crippen molar-refractivity contribution < 1.29 is 57.5 Å². The zero-order chi connectivity index (χ0) is 28.0. The van der Waals surface area contributed by atoms with E-state index in [1.807, 2.05) is 4.72 Å². The maximum Gasteiger partial charge on any atom is 0.420 e. The molecule has 1 aromatic carbocycles. The Morgan fingerprint density at radius 1 is 1.21 bits per heavy atom. The van der Waals surface area contributed by atoms with E-state index in [-0.39, 0.29) is 23.7 Å². The number of fused-ring (bicyclic) bond motifs is 1. The summed E-state index contributed by atoms with van der Waals surface area (Å²) in [6.07, 6.45) is -9.07. The van der Waals surface area contributed by atoms with Crippen molar-refractivity contribution in [3.63, 3.8) is 0 Å². The van der Waals surface area contributed by atoms with Crippen LogP contribution in [0.5, 0.6) is 11.5 Å². The van der Waals surface area contributed by atoms with E-state index in [2.05, 4.69) is 14.5 Å². The highest BCUT2D eigenvalue weighted by molar-refractivity contribution is 7.92. The minimum atomic E-state index is -5.15. The number of aromatic amines is 1. The van der Waals surface area contributed by atoms with Crippen LogP contribution in [0.2, 0.25) is 0 Å². The Morgan fingerprint density at radius 3 is 2.47 bits per heavy atom. The van der Waals surface area contributed by atoms with Gasteiger partial charge in [0, 0.05) is 31.4 Å². The second-order valence-corrected chi connectivity index (χ2v) is 8.94. The van der Waals surface area contributed by atoms with Gasteiger partial charge < -0.3 is 19.2 Å². The lowest BCUT2D eigenvalue weighted by atomic mass is 9.84. The summed E-state index contributed by atoms with van der Waals surface area (Å²) < 4.78 is 156. The van der Waals surface area contributed by atoms with Crippen molar-refractivity contribution in [2.75, 3.05) is 18.9 Å². The van der Waals surface area contributed by atoms with Gasteiger partial charge in [-0.25, -0.2) is 17.2 Å². The fourth-order valence-corrected chi connectivity index (χ4v) is 4.94. The summed E-state index contributed by atoms with van der Waals surface area (Å²) in [4.78, 5) is 2.00. The number of methoxy groups -OCH3 is 2. The van der Waals surface area contributed by atoms with E-state index >= 15 is 0 Å². The van der Waals surface area contributed by atoms with Crippen LogP contribution in [0.4, 0.5) is 36.4 Å². The number of aromatic nitrogens is 1. The van der Waals surface area contributed by atoms with Crippen molar-refractivity contribution >= 4 is 15.7 Å². The molecular formula is C19H19F7N2O5S. The third-order valence-corrected chi connectivity index (χ3v) is 6.70. The molecule has 2 N–H and O–H groups in total. The van der Waals surface area contributed by atoms with E-state index in [1.54, 1.807) is 0 Å². The lowest BCUT2D eigenvalue weighted by Gasteiger charge is -2.35.